The van der Waals surface area contributed by atoms with E-state index in [2.05, 4.69) is 5.32 Å². The van der Waals surface area contributed by atoms with E-state index in [1.807, 2.05) is 30.3 Å². The van der Waals surface area contributed by atoms with E-state index in [0.717, 1.165) is 5.56 Å². The summed E-state index contributed by atoms with van der Waals surface area (Å²) in [7, 11) is 0. The van der Waals surface area contributed by atoms with Crippen LogP contribution < -0.4 is 5.32 Å². The van der Waals surface area contributed by atoms with Crippen LogP contribution in [0.5, 0.6) is 0 Å². The monoisotopic (exact) mass is 271 g/mol. The van der Waals surface area contributed by atoms with Crippen LogP contribution in [0.4, 0.5) is 0 Å². The fourth-order valence-electron chi connectivity index (χ4n) is 2.23. The molecule has 1 aliphatic carbocycles. The average Bonchev–Trinajstić information content (AvgIpc) is 2.44. The molecular formula is C16H17NO3. The fourth-order valence-corrected chi connectivity index (χ4v) is 2.23. The second-order valence-corrected chi connectivity index (χ2v) is 4.82. The summed E-state index contributed by atoms with van der Waals surface area (Å²) in [4.78, 5) is 35.1. The van der Waals surface area contributed by atoms with Gasteiger partial charge in [-0.3, -0.25) is 14.4 Å². The van der Waals surface area contributed by atoms with Gasteiger partial charge in [0.15, 0.2) is 17.3 Å². The van der Waals surface area contributed by atoms with Gasteiger partial charge in [0, 0.05) is 25.6 Å². The standard InChI is InChI=1S/C16H17NO3/c18-13-7-4-8-14(19)16(13)15(20)9-10-17-11-12-5-2-1-3-6-12/h1-3,5-6,9-10,16-17H,4,7-8,11H2. The highest BCUT2D eigenvalue weighted by Gasteiger charge is 2.34. The lowest BCUT2D eigenvalue weighted by Gasteiger charge is -2.16. The third kappa shape index (κ3) is 3.63. The summed E-state index contributed by atoms with van der Waals surface area (Å²) in [6.07, 6.45) is 4.01. The van der Waals surface area contributed by atoms with E-state index in [1.165, 1.54) is 12.3 Å². The lowest BCUT2D eigenvalue weighted by molar-refractivity contribution is -0.140. The van der Waals surface area contributed by atoms with E-state index in [4.69, 9.17) is 0 Å². The number of rotatable bonds is 5. The van der Waals surface area contributed by atoms with E-state index < -0.39 is 11.7 Å². The van der Waals surface area contributed by atoms with Gasteiger partial charge in [-0.1, -0.05) is 30.3 Å². The smallest absolute Gasteiger partial charge is 0.175 e. The number of benzene rings is 1. The van der Waals surface area contributed by atoms with Gasteiger partial charge < -0.3 is 5.32 Å². The third-order valence-corrected chi connectivity index (χ3v) is 3.29. The van der Waals surface area contributed by atoms with E-state index in [0.29, 0.717) is 25.8 Å². The second kappa shape index (κ2) is 6.80. The number of carbonyl (C=O) groups excluding carboxylic acids is 3. The number of nitrogens with one attached hydrogen (secondary N) is 1. The van der Waals surface area contributed by atoms with Crippen LogP contribution in [0, 0.1) is 5.92 Å². The summed E-state index contributed by atoms with van der Waals surface area (Å²) in [6, 6.07) is 9.74. The van der Waals surface area contributed by atoms with Gasteiger partial charge in [0.2, 0.25) is 0 Å². The van der Waals surface area contributed by atoms with Gasteiger partial charge in [-0.2, -0.15) is 0 Å². The molecule has 0 aliphatic heterocycles. The Kier molecular flexibility index (Phi) is 4.82. The van der Waals surface area contributed by atoms with Crippen LogP contribution in [0.15, 0.2) is 42.6 Å². The highest BCUT2D eigenvalue weighted by molar-refractivity contribution is 6.23. The Balaban J connectivity index is 1.86. The maximum absolute atomic E-state index is 11.9. The summed E-state index contributed by atoms with van der Waals surface area (Å²) < 4.78 is 0. The van der Waals surface area contributed by atoms with Crippen LogP contribution in [0.3, 0.4) is 0 Å². The quantitative estimate of drug-likeness (QED) is 0.655. The second-order valence-electron chi connectivity index (χ2n) is 4.82. The summed E-state index contributed by atoms with van der Waals surface area (Å²) in [5.74, 6) is -1.99. The fraction of sp³-hybridized carbons (Fsp3) is 0.312. The zero-order valence-corrected chi connectivity index (χ0v) is 11.2. The first kappa shape index (κ1) is 14.2. The van der Waals surface area contributed by atoms with E-state index in [-0.39, 0.29) is 11.6 Å². The number of hydrogen-bond donors (Lipinski definition) is 1. The van der Waals surface area contributed by atoms with Crippen molar-refractivity contribution in [3.8, 4) is 0 Å². The molecule has 0 bridgehead atoms. The lowest BCUT2D eigenvalue weighted by Crippen LogP contribution is -2.34. The summed E-state index contributed by atoms with van der Waals surface area (Å²) >= 11 is 0. The molecule has 0 amide bonds. The first-order chi connectivity index (χ1) is 9.68. The Morgan fingerprint density at radius 3 is 2.45 bits per heavy atom. The van der Waals surface area contributed by atoms with Gasteiger partial charge in [0.25, 0.3) is 0 Å². The van der Waals surface area contributed by atoms with Crippen molar-refractivity contribution in [1.82, 2.24) is 5.32 Å². The predicted molar refractivity (Wildman–Crippen MR) is 74.8 cm³/mol. The summed E-state index contributed by atoms with van der Waals surface area (Å²) in [5.41, 5.74) is 1.09. The molecule has 4 heteroatoms. The molecule has 0 radical (unpaired) electrons. The highest BCUT2D eigenvalue weighted by atomic mass is 16.2. The first-order valence-electron chi connectivity index (χ1n) is 6.71. The molecule has 1 aromatic carbocycles. The van der Waals surface area contributed by atoms with Crippen molar-refractivity contribution in [3.05, 3.63) is 48.2 Å². The molecule has 0 atom stereocenters. The van der Waals surface area contributed by atoms with Gasteiger partial charge in [-0.25, -0.2) is 0 Å². The normalized spacial score (nSPS) is 16.6. The number of ketones is 3. The van der Waals surface area contributed by atoms with Crippen LogP contribution in [-0.4, -0.2) is 17.3 Å². The maximum Gasteiger partial charge on any atom is 0.175 e. The predicted octanol–water partition coefficient (Wildman–Crippen LogP) is 1.80. The molecule has 0 heterocycles. The Hall–Kier alpha value is -2.23. The van der Waals surface area contributed by atoms with Crippen LogP contribution in [0.1, 0.15) is 24.8 Å². The molecule has 1 N–H and O–H groups in total. The van der Waals surface area contributed by atoms with Crippen molar-refractivity contribution < 1.29 is 14.4 Å². The first-order valence-corrected chi connectivity index (χ1v) is 6.71. The van der Waals surface area contributed by atoms with Crippen LogP contribution in [0.25, 0.3) is 0 Å². The zero-order valence-electron chi connectivity index (χ0n) is 11.2. The minimum absolute atomic E-state index is 0.251. The van der Waals surface area contributed by atoms with Crippen LogP contribution in [0.2, 0.25) is 0 Å². The molecule has 1 saturated carbocycles. The molecule has 1 aliphatic rings. The van der Waals surface area contributed by atoms with Gasteiger partial charge in [0.05, 0.1) is 0 Å². The van der Waals surface area contributed by atoms with Gasteiger partial charge >= 0.3 is 0 Å². The molecule has 1 aromatic rings. The number of Topliss-reactive ketones (excluding diaryl/α,β-unsaturated/α-hetero) is 2. The van der Waals surface area contributed by atoms with Crippen molar-refractivity contribution in [2.75, 3.05) is 0 Å². The van der Waals surface area contributed by atoms with Crippen molar-refractivity contribution in [3.63, 3.8) is 0 Å². The van der Waals surface area contributed by atoms with Gasteiger partial charge in [-0.05, 0) is 18.1 Å². The van der Waals surface area contributed by atoms with E-state index in [1.54, 1.807) is 0 Å². The van der Waals surface area contributed by atoms with Crippen molar-refractivity contribution in [2.45, 2.75) is 25.8 Å². The molecule has 2 rings (SSSR count). The molecule has 4 nitrogen and oxygen atoms in total. The van der Waals surface area contributed by atoms with E-state index >= 15 is 0 Å². The Morgan fingerprint density at radius 2 is 1.80 bits per heavy atom. The Morgan fingerprint density at radius 1 is 1.15 bits per heavy atom. The van der Waals surface area contributed by atoms with Crippen molar-refractivity contribution >= 4 is 17.3 Å². The Bertz CT molecular complexity index is 518. The molecule has 0 spiro atoms. The lowest BCUT2D eigenvalue weighted by atomic mass is 9.84. The molecule has 0 aromatic heterocycles. The van der Waals surface area contributed by atoms with Crippen molar-refractivity contribution in [2.24, 2.45) is 5.92 Å². The number of allylic oxidation sites excluding steroid dienone is 1. The number of hydrogen-bond acceptors (Lipinski definition) is 4. The van der Waals surface area contributed by atoms with Gasteiger partial charge in [-0.15, -0.1) is 0 Å². The third-order valence-electron chi connectivity index (χ3n) is 3.29. The largest absolute Gasteiger partial charge is 0.387 e. The molecule has 0 saturated heterocycles. The zero-order chi connectivity index (χ0) is 14.4. The topological polar surface area (TPSA) is 63.2 Å². The molecule has 20 heavy (non-hydrogen) atoms. The Labute approximate surface area is 117 Å². The minimum atomic E-state index is -1.07. The van der Waals surface area contributed by atoms with Gasteiger partial charge in [0.1, 0.15) is 5.92 Å². The van der Waals surface area contributed by atoms with Crippen molar-refractivity contribution in [1.29, 1.82) is 0 Å². The highest BCUT2D eigenvalue weighted by Crippen LogP contribution is 2.18. The molecular weight excluding hydrogens is 254 g/mol. The van der Waals surface area contributed by atoms with Crippen LogP contribution in [-0.2, 0) is 20.9 Å². The summed E-state index contributed by atoms with van der Waals surface area (Å²) in [5, 5.41) is 2.98. The summed E-state index contributed by atoms with van der Waals surface area (Å²) in [6.45, 7) is 0.594. The minimum Gasteiger partial charge on any atom is -0.387 e. The average molecular weight is 271 g/mol. The SMILES string of the molecule is O=C(C=CNCc1ccccc1)C1C(=O)CCCC1=O. The number of carbonyl (C=O) groups is 3. The molecule has 1 fully saturated rings. The molecule has 0 unspecified atom stereocenters. The molecule has 104 valence electrons. The van der Waals surface area contributed by atoms with Crippen LogP contribution >= 0.6 is 0 Å². The maximum atomic E-state index is 11.9. The van der Waals surface area contributed by atoms with E-state index in [9.17, 15) is 14.4 Å².